The molecule has 0 saturated carbocycles. The Bertz CT molecular complexity index is 1050. The molecule has 0 saturated heterocycles. The molecule has 0 fully saturated rings. The van der Waals surface area contributed by atoms with E-state index in [1.807, 2.05) is 31.2 Å². The Kier molecular flexibility index (Phi) is 7.96. The average Bonchev–Trinajstić information content (AvgIpc) is 3.27. The lowest BCUT2D eigenvalue weighted by Crippen LogP contribution is -2.28. The third-order valence-electron chi connectivity index (χ3n) is 4.29. The molecule has 0 radical (unpaired) electrons. The number of nitrogens with zero attached hydrogens (tertiary/aromatic N) is 2. The Labute approximate surface area is 185 Å². The van der Waals surface area contributed by atoms with Crippen LogP contribution < -0.4 is 20.7 Å². The van der Waals surface area contributed by atoms with Crippen molar-refractivity contribution in [3.8, 4) is 17.1 Å². The van der Waals surface area contributed by atoms with E-state index in [9.17, 15) is 9.59 Å². The molecule has 166 valence electrons. The molecule has 0 unspecified atom stereocenters. The van der Waals surface area contributed by atoms with E-state index in [2.05, 4.69) is 32.7 Å². The predicted molar refractivity (Wildman–Crippen MR) is 122 cm³/mol. The minimum absolute atomic E-state index is 0.185. The number of aromatic nitrogens is 2. The van der Waals surface area contributed by atoms with Gasteiger partial charge in [0.15, 0.2) is 0 Å². The molecule has 0 spiro atoms. The fourth-order valence-corrected chi connectivity index (χ4v) is 2.76. The molecule has 2 aromatic carbocycles. The Morgan fingerprint density at radius 2 is 1.75 bits per heavy atom. The molecule has 9 heteroatoms. The summed E-state index contributed by atoms with van der Waals surface area (Å²) in [5, 5.41) is 12.1. The summed E-state index contributed by atoms with van der Waals surface area (Å²) < 4.78 is 10.7. The highest BCUT2D eigenvalue weighted by atomic mass is 16.5. The molecule has 3 rings (SSSR count). The number of aryl methyl sites for hydroxylation is 1. The Morgan fingerprint density at radius 1 is 1.06 bits per heavy atom. The summed E-state index contributed by atoms with van der Waals surface area (Å²) in [6, 6.07) is 13.9. The normalized spacial score (nSPS) is 10.3. The van der Waals surface area contributed by atoms with Crippen LogP contribution in [-0.4, -0.2) is 35.2 Å². The molecule has 32 heavy (non-hydrogen) atoms. The van der Waals surface area contributed by atoms with E-state index < -0.39 is 0 Å². The number of carbonyl (C=O) groups excluding carboxylic acids is 2. The summed E-state index contributed by atoms with van der Waals surface area (Å²) in [7, 11) is 0. The van der Waals surface area contributed by atoms with Crippen LogP contribution >= 0.6 is 0 Å². The lowest BCUT2D eigenvalue weighted by atomic mass is 10.2. The number of hydrogen-bond donors (Lipinski definition) is 3. The number of urea groups is 1. The first-order valence-electron chi connectivity index (χ1n) is 10.2. The SMILES string of the molecule is C=CCNC(=O)Nc1ccc(NC(=O)CCc2nc(-c3ccc(OCC)cc3)no2)cc1. The van der Waals surface area contributed by atoms with Crippen molar-refractivity contribution in [3.63, 3.8) is 0 Å². The van der Waals surface area contributed by atoms with Gasteiger partial charge in [0.05, 0.1) is 6.61 Å². The van der Waals surface area contributed by atoms with E-state index in [1.54, 1.807) is 30.3 Å². The van der Waals surface area contributed by atoms with Gasteiger partial charge in [-0.3, -0.25) is 4.79 Å². The molecule has 9 nitrogen and oxygen atoms in total. The Balaban J connectivity index is 1.47. The second-order valence-corrected chi connectivity index (χ2v) is 6.72. The second kappa shape index (κ2) is 11.3. The van der Waals surface area contributed by atoms with Crippen LogP contribution in [-0.2, 0) is 11.2 Å². The topological polar surface area (TPSA) is 118 Å². The van der Waals surface area contributed by atoms with Crippen LogP contribution in [0.1, 0.15) is 19.2 Å². The molecule has 1 heterocycles. The first-order chi connectivity index (χ1) is 15.6. The van der Waals surface area contributed by atoms with Crippen LogP contribution in [0.5, 0.6) is 5.75 Å². The molecule has 0 atom stereocenters. The quantitative estimate of drug-likeness (QED) is 0.414. The smallest absolute Gasteiger partial charge is 0.319 e. The van der Waals surface area contributed by atoms with Crippen molar-refractivity contribution >= 4 is 23.3 Å². The fraction of sp³-hybridized carbons (Fsp3) is 0.217. The van der Waals surface area contributed by atoms with Gasteiger partial charge in [-0.2, -0.15) is 4.98 Å². The minimum atomic E-state index is -0.328. The van der Waals surface area contributed by atoms with Crippen molar-refractivity contribution in [3.05, 3.63) is 67.1 Å². The van der Waals surface area contributed by atoms with Gasteiger partial charge in [0.2, 0.25) is 17.6 Å². The number of nitrogens with one attached hydrogen (secondary N) is 3. The van der Waals surface area contributed by atoms with Crippen molar-refractivity contribution < 1.29 is 18.8 Å². The second-order valence-electron chi connectivity index (χ2n) is 6.72. The lowest BCUT2D eigenvalue weighted by Gasteiger charge is -2.08. The van der Waals surface area contributed by atoms with E-state index in [0.29, 0.717) is 42.7 Å². The number of anilines is 2. The van der Waals surface area contributed by atoms with Crippen molar-refractivity contribution in [2.24, 2.45) is 0 Å². The number of carbonyl (C=O) groups is 2. The highest BCUT2D eigenvalue weighted by molar-refractivity contribution is 5.92. The maximum absolute atomic E-state index is 12.2. The first-order valence-corrected chi connectivity index (χ1v) is 10.2. The highest BCUT2D eigenvalue weighted by Crippen LogP contribution is 2.20. The van der Waals surface area contributed by atoms with Crippen molar-refractivity contribution in [1.82, 2.24) is 15.5 Å². The standard InChI is InChI=1S/C23H25N5O4/c1-3-15-24-23(30)26-18-9-7-17(8-10-18)25-20(29)13-14-21-27-22(28-32-21)16-5-11-19(12-6-16)31-4-2/h3,5-12H,1,4,13-15H2,2H3,(H,25,29)(H2,24,26,30). The van der Waals surface area contributed by atoms with Gasteiger partial charge < -0.3 is 25.2 Å². The molecule has 0 aliphatic rings. The van der Waals surface area contributed by atoms with Crippen molar-refractivity contribution in [2.75, 3.05) is 23.8 Å². The molecular weight excluding hydrogens is 410 g/mol. The van der Waals surface area contributed by atoms with Gasteiger partial charge in [0.25, 0.3) is 0 Å². The third-order valence-corrected chi connectivity index (χ3v) is 4.29. The maximum Gasteiger partial charge on any atom is 0.319 e. The number of benzene rings is 2. The lowest BCUT2D eigenvalue weighted by molar-refractivity contribution is -0.116. The number of hydrogen-bond acceptors (Lipinski definition) is 6. The highest BCUT2D eigenvalue weighted by Gasteiger charge is 2.11. The molecular formula is C23H25N5O4. The van der Waals surface area contributed by atoms with Crippen LogP contribution in [0.15, 0.2) is 65.7 Å². The number of amides is 3. The Hall–Kier alpha value is -4.14. The molecule has 3 aromatic rings. The van der Waals surface area contributed by atoms with E-state index in [0.717, 1.165) is 11.3 Å². The van der Waals surface area contributed by atoms with Crippen LogP contribution in [0.2, 0.25) is 0 Å². The molecule has 3 N–H and O–H groups in total. The van der Waals surface area contributed by atoms with E-state index >= 15 is 0 Å². The van der Waals surface area contributed by atoms with Gasteiger partial charge in [-0.05, 0) is 55.5 Å². The predicted octanol–water partition coefficient (Wildman–Crippen LogP) is 4.01. The summed E-state index contributed by atoms with van der Waals surface area (Å²) >= 11 is 0. The van der Waals surface area contributed by atoms with E-state index in [-0.39, 0.29) is 18.4 Å². The average molecular weight is 435 g/mol. The third kappa shape index (κ3) is 6.69. The maximum atomic E-state index is 12.2. The van der Waals surface area contributed by atoms with Crippen LogP contribution in [0, 0.1) is 0 Å². The number of ether oxygens (including phenoxy) is 1. The van der Waals surface area contributed by atoms with Crippen molar-refractivity contribution in [1.29, 1.82) is 0 Å². The Morgan fingerprint density at radius 3 is 2.41 bits per heavy atom. The molecule has 0 aliphatic heterocycles. The van der Waals surface area contributed by atoms with Crippen molar-refractivity contribution in [2.45, 2.75) is 19.8 Å². The monoisotopic (exact) mass is 435 g/mol. The molecule has 3 amide bonds. The van der Waals surface area contributed by atoms with Gasteiger partial charge in [0.1, 0.15) is 5.75 Å². The zero-order chi connectivity index (χ0) is 22.8. The van der Waals surface area contributed by atoms with E-state index in [4.69, 9.17) is 9.26 Å². The van der Waals surface area contributed by atoms with Gasteiger partial charge in [0, 0.05) is 36.3 Å². The first kappa shape index (κ1) is 22.5. The zero-order valence-electron chi connectivity index (χ0n) is 17.8. The minimum Gasteiger partial charge on any atom is -0.494 e. The van der Waals surface area contributed by atoms with Gasteiger partial charge in [-0.15, -0.1) is 6.58 Å². The van der Waals surface area contributed by atoms with Crippen LogP contribution in [0.25, 0.3) is 11.4 Å². The molecule has 0 aliphatic carbocycles. The zero-order valence-corrected chi connectivity index (χ0v) is 17.8. The summed E-state index contributed by atoms with van der Waals surface area (Å²) in [5.74, 6) is 1.43. The van der Waals surface area contributed by atoms with Crippen LogP contribution in [0.3, 0.4) is 0 Å². The van der Waals surface area contributed by atoms with E-state index in [1.165, 1.54) is 0 Å². The van der Waals surface area contributed by atoms with Gasteiger partial charge >= 0.3 is 6.03 Å². The van der Waals surface area contributed by atoms with Gasteiger partial charge in [-0.25, -0.2) is 4.79 Å². The largest absolute Gasteiger partial charge is 0.494 e. The molecule has 1 aromatic heterocycles. The summed E-state index contributed by atoms with van der Waals surface area (Å²) in [6.45, 7) is 6.44. The number of rotatable bonds is 10. The summed E-state index contributed by atoms with van der Waals surface area (Å²) in [4.78, 5) is 28.2. The fourth-order valence-electron chi connectivity index (χ4n) is 2.76. The summed E-state index contributed by atoms with van der Waals surface area (Å²) in [5.41, 5.74) is 2.03. The molecule has 0 bridgehead atoms. The summed E-state index contributed by atoms with van der Waals surface area (Å²) in [6.07, 6.45) is 2.10. The van der Waals surface area contributed by atoms with Gasteiger partial charge in [-0.1, -0.05) is 11.2 Å². The van der Waals surface area contributed by atoms with Crippen LogP contribution in [0.4, 0.5) is 16.2 Å².